The molecule has 3 rings (SSSR count). The van der Waals surface area contributed by atoms with Crippen molar-refractivity contribution >= 4 is 37.5 Å². The molecular formula is C22H27BrN2O3S. The van der Waals surface area contributed by atoms with Crippen molar-refractivity contribution in [3.63, 3.8) is 0 Å². The summed E-state index contributed by atoms with van der Waals surface area (Å²) in [5.41, 5.74) is 2.89. The SMILES string of the molecule is Cc1cc(Br)ccc1NC(=O)C1CCN(S(=O)(=O)c2ccc(C(C)C)cc2)CC1. The lowest BCUT2D eigenvalue weighted by Gasteiger charge is -2.30. The van der Waals surface area contributed by atoms with E-state index in [2.05, 4.69) is 35.1 Å². The fraction of sp³-hybridized carbons (Fsp3) is 0.409. The number of anilines is 1. The average Bonchev–Trinajstić information content (AvgIpc) is 2.70. The van der Waals surface area contributed by atoms with E-state index in [4.69, 9.17) is 0 Å². The number of rotatable bonds is 5. The molecule has 0 atom stereocenters. The van der Waals surface area contributed by atoms with Gasteiger partial charge in [0.15, 0.2) is 0 Å². The van der Waals surface area contributed by atoms with Crippen molar-refractivity contribution in [2.75, 3.05) is 18.4 Å². The van der Waals surface area contributed by atoms with Gasteiger partial charge in [0.25, 0.3) is 0 Å². The first-order chi connectivity index (χ1) is 13.7. The van der Waals surface area contributed by atoms with Crippen molar-refractivity contribution in [2.45, 2.75) is 44.4 Å². The van der Waals surface area contributed by atoms with Crippen LogP contribution in [0.3, 0.4) is 0 Å². The summed E-state index contributed by atoms with van der Waals surface area (Å²) in [5, 5.41) is 2.98. The number of carbonyl (C=O) groups excluding carboxylic acids is 1. The number of nitrogens with one attached hydrogen (secondary N) is 1. The van der Waals surface area contributed by atoms with Gasteiger partial charge in [0.1, 0.15) is 0 Å². The maximum atomic E-state index is 12.9. The fourth-order valence-electron chi connectivity index (χ4n) is 3.53. The zero-order valence-corrected chi connectivity index (χ0v) is 19.4. The van der Waals surface area contributed by atoms with E-state index in [0.29, 0.717) is 36.7 Å². The number of halogens is 1. The van der Waals surface area contributed by atoms with E-state index in [1.165, 1.54) is 4.31 Å². The highest BCUT2D eigenvalue weighted by Crippen LogP contribution is 2.27. The molecule has 0 bridgehead atoms. The Hall–Kier alpha value is -1.70. The Balaban J connectivity index is 1.62. The van der Waals surface area contributed by atoms with Gasteiger partial charge in [-0.1, -0.05) is 41.9 Å². The van der Waals surface area contributed by atoms with Crippen LogP contribution < -0.4 is 5.32 Å². The number of benzene rings is 2. The maximum Gasteiger partial charge on any atom is 0.243 e. The molecule has 0 spiro atoms. The van der Waals surface area contributed by atoms with Gasteiger partial charge in [-0.05, 0) is 67.1 Å². The van der Waals surface area contributed by atoms with Crippen LogP contribution in [0.25, 0.3) is 0 Å². The monoisotopic (exact) mass is 478 g/mol. The quantitative estimate of drug-likeness (QED) is 0.662. The van der Waals surface area contributed by atoms with Crippen molar-refractivity contribution in [2.24, 2.45) is 5.92 Å². The molecule has 1 amide bonds. The van der Waals surface area contributed by atoms with Crippen molar-refractivity contribution in [1.82, 2.24) is 4.31 Å². The smallest absolute Gasteiger partial charge is 0.243 e. The van der Waals surface area contributed by atoms with E-state index in [9.17, 15) is 13.2 Å². The molecule has 29 heavy (non-hydrogen) atoms. The number of amides is 1. The summed E-state index contributed by atoms with van der Waals surface area (Å²) in [7, 11) is -3.53. The lowest BCUT2D eigenvalue weighted by molar-refractivity contribution is -0.120. The van der Waals surface area contributed by atoms with Crippen LogP contribution in [0.1, 0.15) is 43.7 Å². The first-order valence-electron chi connectivity index (χ1n) is 9.85. The summed E-state index contributed by atoms with van der Waals surface area (Å²) in [6.07, 6.45) is 1.04. The molecule has 5 nitrogen and oxygen atoms in total. The third kappa shape index (κ3) is 5.08. The summed E-state index contributed by atoms with van der Waals surface area (Å²) >= 11 is 3.42. The van der Waals surface area contributed by atoms with Crippen molar-refractivity contribution in [3.8, 4) is 0 Å². The number of carbonyl (C=O) groups is 1. The molecule has 1 fully saturated rings. The van der Waals surface area contributed by atoms with Crippen LogP contribution in [0.15, 0.2) is 51.8 Å². The predicted molar refractivity (Wildman–Crippen MR) is 120 cm³/mol. The lowest BCUT2D eigenvalue weighted by Crippen LogP contribution is -2.41. The third-order valence-electron chi connectivity index (χ3n) is 5.46. The average molecular weight is 479 g/mol. The Morgan fingerprint density at radius 3 is 2.28 bits per heavy atom. The van der Waals surface area contributed by atoms with Crippen LogP contribution in [0.4, 0.5) is 5.69 Å². The van der Waals surface area contributed by atoms with Crippen LogP contribution in [0.2, 0.25) is 0 Å². The van der Waals surface area contributed by atoms with E-state index < -0.39 is 10.0 Å². The minimum Gasteiger partial charge on any atom is -0.326 e. The molecule has 2 aromatic carbocycles. The van der Waals surface area contributed by atoms with Crippen molar-refractivity contribution in [1.29, 1.82) is 0 Å². The molecule has 0 saturated carbocycles. The van der Waals surface area contributed by atoms with E-state index in [0.717, 1.165) is 21.3 Å². The van der Waals surface area contributed by atoms with Gasteiger partial charge in [-0.2, -0.15) is 4.31 Å². The van der Waals surface area contributed by atoms with Gasteiger partial charge in [0.2, 0.25) is 15.9 Å². The molecule has 0 radical (unpaired) electrons. The second-order valence-corrected chi connectivity index (χ2v) is 10.7. The Labute approximate surface area is 181 Å². The minimum atomic E-state index is -3.53. The number of hydrogen-bond acceptors (Lipinski definition) is 3. The maximum absolute atomic E-state index is 12.9. The number of aryl methyl sites for hydroxylation is 1. The van der Waals surface area contributed by atoms with E-state index in [1.807, 2.05) is 37.3 Å². The largest absolute Gasteiger partial charge is 0.326 e. The highest BCUT2D eigenvalue weighted by atomic mass is 79.9. The predicted octanol–water partition coefficient (Wildman–Crippen LogP) is 4.92. The van der Waals surface area contributed by atoms with E-state index >= 15 is 0 Å². The molecule has 156 valence electrons. The van der Waals surface area contributed by atoms with Gasteiger partial charge < -0.3 is 5.32 Å². The molecule has 2 aromatic rings. The highest BCUT2D eigenvalue weighted by molar-refractivity contribution is 9.10. The molecule has 1 N–H and O–H groups in total. The van der Waals surface area contributed by atoms with Crippen LogP contribution in [0, 0.1) is 12.8 Å². The fourth-order valence-corrected chi connectivity index (χ4v) is 5.48. The molecule has 7 heteroatoms. The number of hydrogen-bond donors (Lipinski definition) is 1. The first-order valence-corrected chi connectivity index (χ1v) is 12.1. The summed E-state index contributed by atoms with van der Waals surface area (Å²) in [5.74, 6) is 0.122. The second kappa shape index (κ2) is 8.98. The van der Waals surface area contributed by atoms with E-state index in [-0.39, 0.29) is 11.8 Å². The minimum absolute atomic E-state index is 0.0474. The summed E-state index contributed by atoms with van der Waals surface area (Å²) in [6.45, 7) is 6.81. The van der Waals surface area contributed by atoms with E-state index in [1.54, 1.807) is 12.1 Å². The molecule has 0 aliphatic carbocycles. The lowest BCUT2D eigenvalue weighted by atomic mass is 9.97. The molecule has 0 unspecified atom stereocenters. The van der Waals surface area contributed by atoms with Crippen molar-refractivity contribution < 1.29 is 13.2 Å². The van der Waals surface area contributed by atoms with Gasteiger partial charge >= 0.3 is 0 Å². The Kier molecular flexibility index (Phi) is 6.81. The standard InChI is InChI=1S/C22H27BrN2O3S/c1-15(2)17-4-7-20(8-5-17)29(27,28)25-12-10-18(11-13-25)22(26)24-21-9-6-19(23)14-16(21)3/h4-9,14-15,18H,10-13H2,1-3H3,(H,24,26). The number of nitrogens with zero attached hydrogens (tertiary/aromatic N) is 1. The van der Waals surface area contributed by atoms with Crippen LogP contribution >= 0.6 is 15.9 Å². The highest BCUT2D eigenvalue weighted by Gasteiger charge is 2.32. The number of sulfonamides is 1. The zero-order chi connectivity index (χ0) is 21.2. The van der Waals surface area contributed by atoms with Crippen molar-refractivity contribution in [3.05, 3.63) is 58.1 Å². The molecular weight excluding hydrogens is 452 g/mol. The van der Waals surface area contributed by atoms with Gasteiger partial charge in [-0.25, -0.2) is 8.42 Å². The summed E-state index contributed by atoms with van der Waals surface area (Å²) in [4.78, 5) is 13.0. The first kappa shape index (κ1) is 22.0. The molecule has 1 aliphatic heterocycles. The van der Waals surface area contributed by atoms with Crippen LogP contribution in [-0.4, -0.2) is 31.7 Å². The van der Waals surface area contributed by atoms with Gasteiger partial charge in [0.05, 0.1) is 4.90 Å². The normalized spacial score (nSPS) is 16.2. The molecule has 1 aliphatic rings. The second-order valence-electron chi connectivity index (χ2n) is 7.85. The summed E-state index contributed by atoms with van der Waals surface area (Å²) < 4.78 is 28.3. The van der Waals surface area contributed by atoms with Gasteiger partial charge in [0, 0.05) is 29.2 Å². The molecule has 1 heterocycles. The Morgan fingerprint density at radius 2 is 1.72 bits per heavy atom. The van der Waals surface area contributed by atoms with Crippen LogP contribution in [0.5, 0.6) is 0 Å². The summed E-state index contributed by atoms with van der Waals surface area (Å²) in [6, 6.07) is 12.8. The van der Waals surface area contributed by atoms with Gasteiger partial charge in [-0.3, -0.25) is 4.79 Å². The molecule has 0 aromatic heterocycles. The molecule has 1 saturated heterocycles. The van der Waals surface area contributed by atoms with Gasteiger partial charge in [-0.15, -0.1) is 0 Å². The Morgan fingerprint density at radius 1 is 1.10 bits per heavy atom. The number of piperidine rings is 1. The Bertz CT molecular complexity index is 980. The van der Waals surface area contributed by atoms with Crippen LogP contribution in [-0.2, 0) is 14.8 Å². The third-order valence-corrected chi connectivity index (χ3v) is 7.86. The zero-order valence-electron chi connectivity index (χ0n) is 17.0. The topological polar surface area (TPSA) is 66.5 Å².